The zero-order valence-electron chi connectivity index (χ0n) is 16.4. The third kappa shape index (κ3) is 3.46. The van der Waals surface area contributed by atoms with E-state index in [-0.39, 0.29) is 0 Å². The summed E-state index contributed by atoms with van der Waals surface area (Å²) in [6.07, 6.45) is 0. The number of hydrogen-bond acceptors (Lipinski definition) is 2. The van der Waals surface area contributed by atoms with Gasteiger partial charge in [-0.1, -0.05) is 78.8 Å². The van der Waals surface area contributed by atoms with Gasteiger partial charge in [-0.05, 0) is 28.8 Å². The number of benzene rings is 3. The highest BCUT2D eigenvalue weighted by Gasteiger charge is 2.37. The van der Waals surface area contributed by atoms with Crippen molar-refractivity contribution in [1.82, 2.24) is 10.4 Å². The first-order valence-electron chi connectivity index (χ1n) is 10.2. The molecule has 1 aliphatic heterocycles. The maximum absolute atomic E-state index is 6.00. The molecule has 1 aliphatic carbocycles. The van der Waals surface area contributed by atoms with E-state index < -0.39 is 0 Å². The molecule has 146 valence electrons. The molecule has 1 heterocycles. The smallest absolute Gasteiger partial charge is 0.140 e. The normalized spacial score (nSPS) is 17.0. The lowest BCUT2D eigenvalue weighted by Gasteiger charge is -2.36. The molecule has 3 aromatic rings. The van der Waals surface area contributed by atoms with Gasteiger partial charge in [-0.25, -0.2) is 5.01 Å². The maximum atomic E-state index is 6.00. The monoisotopic (exact) mass is 402 g/mol. The maximum Gasteiger partial charge on any atom is 0.140 e. The van der Waals surface area contributed by atoms with Crippen LogP contribution in [0.1, 0.15) is 22.7 Å². The summed E-state index contributed by atoms with van der Waals surface area (Å²) < 4.78 is 0. The Kier molecular flexibility index (Phi) is 4.88. The molecule has 5 rings (SSSR count). The minimum atomic E-state index is 0.434. The van der Waals surface area contributed by atoms with Gasteiger partial charge in [0.1, 0.15) is 6.04 Å². The first-order valence-corrected chi connectivity index (χ1v) is 10.6. The highest BCUT2D eigenvalue weighted by molar-refractivity contribution is 6.30. The van der Waals surface area contributed by atoms with E-state index in [1.54, 1.807) is 4.90 Å². The summed E-state index contributed by atoms with van der Waals surface area (Å²) in [6, 6.07) is 26.0. The zero-order valence-corrected chi connectivity index (χ0v) is 17.1. The fourth-order valence-electron chi connectivity index (χ4n) is 4.70. The standard InChI is InChI=1S/C25H24ClN3/c1-18(19-10-12-20(26)13-11-19)27-29-16-14-28(15-17-29)25-23-8-4-2-6-21(23)22-7-3-5-9-24(22)25/h2-13,25,27H,1,14-17H2/p+1. The Hall–Kier alpha value is -2.59. The number of quaternary nitrogens is 1. The van der Waals surface area contributed by atoms with Crippen molar-refractivity contribution >= 4 is 17.3 Å². The SMILES string of the molecule is C=C(NN1CC[NH+](C2c3ccccc3-c3ccccc32)CC1)c1ccc(Cl)cc1. The first-order chi connectivity index (χ1) is 14.2. The van der Waals surface area contributed by atoms with Gasteiger partial charge in [0.2, 0.25) is 0 Å². The molecular formula is C25H25ClN3+. The van der Waals surface area contributed by atoms with Gasteiger partial charge in [-0.3, -0.25) is 0 Å². The van der Waals surface area contributed by atoms with Crippen LogP contribution >= 0.6 is 11.6 Å². The zero-order chi connectivity index (χ0) is 19.8. The molecule has 0 amide bonds. The van der Waals surface area contributed by atoms with Crippen LogP contribution in [0.15, 0.2) is 79.4 Å². The van der Waals surface area contributed by atoms with Gasteiger partial charge < -0.3 is 10.3 Å². The molecule has 3 nitrogen and oxygen atoms in total. The second-order valence-corrected chi connectivity index (χ2v) is 8.29. The first kappa shape index (κ1) is 18.4. The van der Waals surface area contributed by atoms with Gasteiger partial charge >= 0.3 is 0 Å². The Labute approximate surface area is 177 Å². The topological polar surface area (TPSA) is 19.7 Å². The van der Waals surface area contributed by atoms with Crippen molar-refractivity contribution in [3.8, 4) is 11.1 Å². The summed E-state index contributed by atoms with van der Waals surface area (Å²) in [4.78, 5) is 1.64. The molecule has 1 fully saturated rings. The van der Waals surface area contributed by atoms with E-state index in [9.17, 15) is 0 Å². The number of hydrogen-bond donors (Lipinski definition) is 2. The third-order valence-electron chi connectivity index (χ3n) is 6.13. The molecule has 4 heteroatoms. The number of piperazine rings is 1. The third-order valence-corrected chi connectivity index (χ3v) is 6.39. The second-order valence-electron chi connectivity index (χ2n) is 7.85. The van der Waals surface area contributed by atoms with E-state index in [1.165, 1.54) is 22.3 Å². The van der Waals surface area contributed by atoms with Crippen LogP contribution in [0.25, 0.3) is 16.8 Å². The fraction of sp³-hybridized carbons (Fsp3) is 0.200. The Morgan fingerprint density at radius 3 is 2.00 bits per heavy atom. The molecule has 0 spiro atoms. The van der Waals surface area contributed by atoms with Gasteiger partial charge in [0.05, 0.1) is 26.2 Å². The number of fused-ring (bicyclic) bond motifs is 3. The van der Waals surface area contributed by atoms with Gasteiger partial charge in [0.15, 0.2) is 0 Å². The van der Waals surface area contributed by atoms with Gasteiger partial charge in [-0.2, -0.15) is 0 Å². The lowest BCUT2D eigenvalue weighted by atomic mass is 10.0. The van der Waals surface area contributed by atoms with Crippen LogP contribution in [0, 0.1) is 0 Å². The van der Waals surface area contributed by atoms with E-state index >= 15 is 0 Å². The molecule has 0 unspecified atom stereocenters. The average molecular weight is 403 g/mol. The molecule has 29 heavy (non-hydrogen) atoms. The molecule has 1 saturated heterocycles. The highest BCUT2D eigenvalue weighted by atomic mass is 35.5. The Morgan fingerprint density at radius 1 is 0.862 bits per heavy atom. The Balaban J connectivity index is 1.29. The highest BCUT2D eigenvalue weighted by Crippen LogP contribution is 2.41. The lowest BCUT2D eigenvalue weighted by Crippen LogP contribution is -3.15. The van der Waals surface area contributed by atoms with E-state index in [0.29, 0.717) is 6.04 Å². The van der Waals surface area contributed by atoms with Crippen LogP contribution in [-0.4, -0.2) is 31.2 Å². The number of hydrazine groups is 1. The Morgan fingerprint density at radius 2 is 1.41 bits per heavy atom. The number of halogens is 1. The van der Waals surface area contributed by atoms with Crippen LogP contribution in [0.4, 0.5) is 0 Å². The van der Waals surface area contributed by atoms with Crippen molar-refractivity contribution in [2.75, 3.05) is 26.2 Å². The van der Waals surface area contributed by atoms with Crippen molar-refractivity contribution in [2.24, 2.45) is 0 Å². The van der Waals surface area contributed by atoms with Crippen LogP contribution < -0.4 is 10.3 Å². The van der Waals surface area contributed by atoms with Crippen LogP contribution in [-0.2, 0) is 0 Å². The van der Waals surface area contributed by atoms with Crippen molar-refractivity contribution in [2.45, 2.75) is 6.04 Å². The summed E-state index contributed by atoms with van der Waals surface area (Å²) in [5, 5.41) is 3.03. The summed E-state index contributed by atoms with van der Waals surface area (Å²) >= 11 is 6.00. The second kappa shape index (κ2) is 7.68. The van der Waals surface area contributed by atoms with E-state index in [1.807, 2.05) is 24.3 Å². The fourth-order valence-corrected chi connectivity index (χ4v) is 4.82. The molecular weight excluding hydrogens is 378 g/mol. The summed E-state index contributed by atoms with van der Waals surface area (Å²) in [5.74, 6) is 0. The number of nitrogens with one attached hydrogen (secondary N) is 2. The van der Waals surface area contributed by atoms with Crippen molar-refractivity contribution < 1.29 is 4.90 Å². The largest absolute Gasteiger partial charge is 0.323 e. The molecule has 0 aromatic heterocycles. The predicted octanol–water partition coefficient (Wildman–Crippen LogP) is 3.79. The lowest BCUT2D eigenvalue weighted by molar-refractivity contribution is -0.929. The minimum absolute atomic E-state index is 0.434. The minimum Gasteiger partial charge on any atom is -0.323 e. The number of rotatable bonds is 4. The van der Waals surface area contributed by atoms with Crippen LogP contribution in [0.5, 0.6) is 0 Å². The number of nitrogens with zero attached hydrogens (tertiary/aromatic N) is 1. The summed E-state index contributed by atoms with van der Waals surface area (Å²) in [5.41, 5.74) is 11.2. The van der Waals surface area contributed by atoms with Gasteiger partial charge in [-0.15, -0.1) is 0 Å². The van der Waals surface area contributed by atoms with Crippen molar-refractivity contribution in [1.29, 1.82) is 0 Å². The quantitative estimate of drug-likeness (QED) is 0.692. The van der Waals surface area contributed by atoms with Gasteiger partial charge in [0.25, 0.3) is 0 Å². The average Bonchev–Trinajstić information content (AvgIpc) is 3.09. The molecule has 0 radical (unpaired) electrons. The molecule has 0 atom stereocenters. The molecule has 0 saturated carbocycles. The molecule has 0 bridgehead atoms. The van der Waals surface area contributed by atoms with E-state index in [0.717, 1.165) is 42.5 Å². The van der Waals surface area contributed by atoms with E-state index in [4.69, 9.17) is 11.6 Å². The Bertz CT molecular complexity index is 990. The van der Waals surface area contributed by atoms with Crippen LogP contribution in [0.2, 0.25) is 5.02 Å². The molecule has 2 aliphatic rings. The molecule has 2 N–H and O–H groups in total. The predicted molar refractivity (Wildman–Crippen MR) is 120 cm³/mol. The van der Waals surface area contributed by atoms with Crippen LogP contribution in [0.3, 0.4) is 0 Å². The van der Waals surface area contributed by atoms with Gasteiger partial charge in [0, 0.05) is 21.8 Å². The van der Waals surface area contributed by atoms with E-state index in [2.05, 4.69) is 65.5 Å². The molecule has 3 aromatic carbocycles. The summed E-state index contributed by atoms with van der Waals surface area (Å²) in [7, 11) is 0. The van der Waals surface area contributed by atoms with Crippen molar-refractivity contribution in [3.63, 3.8) is 0 Å². The van der Waals surface area contributed by atoms with Crippen molar-refractivity contribution in [3.05, 3.63) is 101 Å². The summed E-state index contributed by atoms with van der Waals surface area (Å²) in [6.45, 7) is 8.36.